The zero-order chi connectivity index (χ0) is 17.7. The molecule has 0 bridgehead atoms. The Labute approximate surface area is 140 Å². The molecule has 0 radical (unpaired) electrons. The highest BCUT2D eigenvalue weighted by molar-refractivity contribution is 5.94. The molecule has 126 valence electrons. The number of pyridine rings is 1. The molecule has 2 N–H and O–H groups in total. The number of carbonyl (C=O) groups is 2. The first-order chi connectivity index (χ1) is 11.4. The standard InChI is InChI=1S/C18H20N2O4/c1-11(2)16(12-7-9-13(24-3)10-8-12)20-17(21)14-5-4-6-15(19-14)18(22)23/h4-11,16H,1-3H3,(H,20,21)(H,22,23). The number of nitrogens with zero attached hydrogens (tertiary/aromatic N) is 1. The SMILES string of the molecule is COc1ccc(C(NC(=O)c2cccc(C(=O)O)n2)C(C)C)cc1. The lowest BCUT2D eigenvalue weighted by Crippen LogP contribution is -2.32. The lowest BCUT2D eigenvalue weighted by molar-refractivity contribution is 0.0690. The molecule has 0 fully saturated rings. The minimum absolute atomic E-state index is 0.0778. The van der Waals surface area contributed by atoms with Crippen molar-refractivity contribution in [2.45, 2.75) is 19.9 Å². The van der Waals surface area contributed by atoms with E-state index in [1.165, 1.54) is 18.2 Å². The summed E-state index contributed by atoms with van der Waals surface area (Å²) in [7, 11) is 1.60. The van der Waals surface area contributed by atoms with Gasteiger partial charge < -0.3 is 15.2 Å². The molecule has 6 nitrogen and oxygen atoms in total. The lowest BCUT2D eigenvalue weighted by atomic mass is 9.95. The molecule has 1 aromatic heterocycles. The van der Waals surface area contributed by atoms with Crippen LogP contribution in [0.5, 0.6) is 5.75 Å². The van der Waals surface area contributed by atoms with Crippen molar-refractivity contribution in [2.75, 3.05) is 7.11 Å². The monoisotopic (exact) mass is 328 g/mol. The number of rotatable bonds is 6. The third kappa shape index (κ3) is 4.10. The summed E-state index contributed by atoms with van der Waals surface area (Å²) in [5.41, 5.74) is 0.857. The van der Waals surface area contributed by atoms with E-state index in [1.54, 1.807) is 7.11 Å². The third-order valence-electron chi connectivity index (χ3n) is 3.63. The molecule has 2 rings (SSSR count). The number of aromatic carboxylic acids is 1. The molecule has 0 saturated heterocycles. The van der Waals surface area contributed by atoms with Crippen molar-refractivity contribution in [3.63, 3.8) is 0 Å². The Morgan fingerprint density at radius 3 is 2.25 bits per heavy atom. The minimum Gasteiger partial charge on any atom is -0.497 e. The average Bonchev–Trinajstić information content (AvgIpc) is 2.59. The molecule has 0 aliphatic rings. The van der Waals surface area contributed by atoms with Gasteiger partial charge in [0, 0.05) is 0 Å². The second-order valence-electron chi connectivity index (χ2n) is 5.68. The maximum Gasteiger partial charge on any atom is 0.354 e. The zero-order valence-corrected chi connectivity index (χ0v) is 13.8. The number of carboxylic acid groups (broad SMARTS) is 1. The Morgan fingerprint density at radius 2 is 1.71 bits per heavy atom. The quantitative estimate of drug-likeness (QED) is 0.851. The zero-order valence-electron chi connectivity index (χ0n) is 13.8. The van der Waals surface area contributed by atoms with Crippen LogP contribution in [0.15, 0.2) is 42.5 Å². The minimum atomic E-state index is -1.17. The van der Waals surface area contributed by atoms with Gasteiger partial charge in [-0.25, -0.2) is 9.78 Å². The van der Waals surface area contributed by atoms with Gasteiger partial charge in [0.2, 0.25) is 0 Å². The van der Waals surface area contributed by atoms with Crippen LogP contribution in [0, 0.1) is 5.92 Å². The van der Waals surface area contributed by atoms with Gasteiger partial charge in [0.1, 0.15) is 17.1 Å². The van der Waals surface area contributed by atoms with Gasteiger partial charge in [-0.1, -0.05) is 32.0 Å². The molecule has 1 atom stereocenters. The van der Waals surface area contributed by atoms with E-state index < -0.39 is 11.9 Å². The number of benzene rings is 1. The number of ether oxygens (including phenoxy) is 1. The summed E-state index contributed by atoms with van der Waals surface area (Å²) in [6.07, 6.45) is 0. The summed E-state index contributed by atoms with van der Waals surface area (Å²) >= 11 is 0. The van der Waals surface area contributed by atoms with E-state index in [1.807, 2.05) is 38.1 Å². The number of hydrogen-bond donors (Lipinski definition) is 2. The van der Waals surface area contributed by atoms with Crippen molar-refractivity contribution in [3.8, 4) is 5.75 Å². The van der Waals surface area contributed by atoms with E-state index in [0.29, 0.717) is 0 Å². The van der Waals surface area contributed by atoms with Gasteiger partial charge in [0.15, 0.2) is 0 Å². The maximum absolute atomic E-state index is 12.4. The van der Waals surface area contributed by atoms with Gasteiger partial charge in [-0.2, -0.15) is 0 Å². The Balaban J connectivity index is 2.22. The van der Waals surface area contributed by atoms with Gasteiger partial charge in [0.05, 0.1) is 13.2 Å². The Bertz CT molecular complexity index is 726. The molecular weight excluding hydrogens is 308 g/mol. The van der Waals surface area contributed by atoms with Gasteiger partial charge in [0.25, 0.3) is 5.91 Å². The molecule has 24 heavy (non-hydrogen) atoms. The molecule has 1 amide bonds. The van der Waals surface area contributed by atoms with Crippen LogP contribution < -0.4 is 10.1 Å². The third-order valence-corrected chi connectivity index (χ3v) is 3.63. The summed E-state index contributed by atoms with van der Waals surface area (Å²) in [6, 6.07) is 11.6. The maximum atomic E-state index is 12.4. The highest BCUT2D eigenvalue weighted by Crippen LogP contribution is 2.24. The van der Waals surface area contributed by atoms with E-state index in [4.69, 9.17) is 9.84 Å². The molecule has 0 saturated carbocycles. The first-order valence-corrected chi connectivity index (χ1v) is 7.57. The Morgan fingerprint density at radius 1 is 1.08 bits per heavy atom. The topological polar surface area (TPSA) is 88.5 Å². The second kappa shape index (κ2) is 7.59. The van der Waals surface area contributed by atoms with Gasteiger partial charge in [-0.05, 0) is 35.7 Å². The average molecular weight is 328 g/mol. The van der Waals surface area contributed by atoms with Crippen molar-refractivity contribution < 1.29 is 19.4 Å². The van der Waals surface area contributed by atoms with Crippen molar-refractivity contribution >= 4 is 11.9 Å². The van der Waals surface area contributed by atoms with E-state index in [-0.39, 0.29) is 23.3 Å². The van der Waals surface area contributed by atoms with Crippen molar-refractivity contribution in [1.82, 2.24) is 10.3 Å². The summed E-state index contributed by atoms with van der Waals surface area (Å²) in [5.74, 6) is -0.693. The fraction of sp³-hybridized carbons (Fsp3) is 0.278. The summed E-state index contributed by atoms with van der Waals surface area (Å²) in [6.45, 7) is 3.99. The summed E-state index contributed by atoms with van der Waals surface area (Å²) < 4.78 is 5.14. The molecule has 0 aliphatic carbocycles. The first-order valence-electron chi connectivity index (χ1n) is 7.57. The van der Waals surface area contributed by atoms with Gasteiger partial charge in [-0.3, -0.25) is 4.79 Å². The highest BCUT2D eigenvalue weighted by Gasteiger charge is 2.20. The van der Waals surface area contributed by atoms with Gasteiger partial charge >= 0.3 is 5.97 Å². The number of carboxylic acids is 1. The Hall–Kier alpha value is -2.89. The van der Waals surface area contributed by atoms with Crippen LogP contribution in [0.1, 0.15) is 46.4 Å². The number of hydrogen-bond acceptors (Lipinski definition) is 4. The number of nitrogens with one attached hydrogen (secondary N) is 1. The predicted octanol–water partition coefficient (Wildman–Crippen LogP) is 2.92. The summed E-state index contributed by atoms with van der Waals surface area (Å²) in [5, 5.41) is 11.9. The first kappa shape index (κ1) is 17.5. The van der Waals surface area contributed by atoms with E-state index >= 15 is 0 Å². The largest absolute Gasteiger partial charge is 0.497 e. The van der Waals surface area contributed by atoms with Crippen molar-refractivity contribution in [2.24, 2.45) is 5.92 Å². The van der Waals surface area contributed by atoms with Crippen LogP contribution >= 0.6 is 0 Å². The van der Waals surface area contributed by atoms with E-state index in [2.05, 4.69) is 10.3 Å². The van der Waals surface area contributed by atoms with Crippen molar-refractivity contribution in [1.29, 1.82) is 0 Å². The normalized spacial score (nSPS) is 11.8. The summed E-state index contributed by atoms with van der Waals surface area (Å²) in [4.78, 5) is 27.3. The molecule has 0 aliphatic heterocycles. The number of amides is 1. The molecular formula is C18H20N2O4. The van der Waals surface area contributed by atoms with Crippen LogP contribution in [0.2, 0.25) is 0 Å². The van der Waals surface area contributed by atoms with Crippen LogP contribution in [0.25, 0.3) is 0 Å². The fourth-order valence-corrected chi connectivity index (χ4v) is 2.34. The van der Waals surface area contributed by atoms with E-state index in [0.717, 1.165) is 11.3 Å². The molecule has 2 aromatic rings. The number of carbonyl (C=O) groups excluding carboxylic acids is 1. The van der Waals surface area contributed by atoms with Crippen LogP contribution in [-0.2, 0) is 0 Å². The lowest BCUT2D eigenvalue weighted by Gasteiger charge is -2.23. The van der Waals surface area contributed by atoms with E-state index in [9.17, 15) is 9.59 Å². The molecule has 1 unspecified atom stereocenters. The molecule has 6 heteroatoms. The van der Waals surface area contributed by atoms with Crippen LogP contribution in [0.3, 0.4) is 0 Å². The van der Waals surface area contributed by atoms with Crippen LogP contribution in [-0.4, -0.2) is 29.1 Å². The number of methoxy groups -OCH3 is 1. The predicted molar refractivity (Wildman–Crippen MR) is 89.2 cm³/mol. The fourth-order valence-electron chi connectivity index (χ4n) is 2.34. The molecule has 1 heterocycles. The molecule has 1 aromatic carbocycles. The van der Waals surface area contributed by atoms with Crippen molar-refractivity contribution in [3.05, 3.63) is 59.4 Å². The number of aromatic nitrogens is 1. The highest BCUT2D eigenvalue weighted by atomic mass is 16.5. The second-order valence-corrected chi connectivity index (χ2v) is 5.68. The van der Waals surface area contributed by atoms with Crippen LogP contribution in [0.4, 0.5) is 0 Å². The smallest absolute Gasteiger partial charge is 0.354 e. The van der Waals surface area contributed by atoms with Gasteiger partial charge in [-0.15, -0.1) is 0 Å². The Kier molecular flexibility index (Phi) is 5.52. The molecule has 0 spiro atoms.